The maximum Gasteiger partial charge on any atom is 0.323 e. The monoisotopic (exact) mass is 157 g/mol. The van der Waals surface area contributed by atoms with Gasteiger partial charge in [-0.05, 0) is 24.7 Å². The summed E-state index contributed by atoms with van der Waals surface area (Å²) in [5.74, 6) is -0.314. The highest BCUT2D eigenvalue weighted by Gasteiger charge is 2.46. The van der Waals surface area contributed by atoms with Crippen molar-refractivity contribution >= 4 is 5.97 Å². The SMILES string of the molecule is CC1[C@H](C)CCC1(N)C(=O)O. The average Bonchev–Trinajstić information content (AvgIpc) is 2.18. The Morgan fingerprint density at radius 1 is 1.64 bits per heavy atom. The second-order valence-electron chi connectivity index (χ2n) is 3.65. The molecule has 0 saturated heterocycles. The van der Waals surface area contributed by atoms with E-state index in [1.54, 1.807) is 0 Å². The second-order valence-corrected chi connectivity index (χ2v) is 3.65. The Morgan fingerprint density at radius 2 is 2.18 bits per heavy atom. The van der Waals surface area contributed by atoms with E-state index in [2.05, 4.69) is 6.92 Å². The first kappa shape index (κ1) is 8.53. The van der Waals surface area contributed by atoms with Crippen molar-refractivity contribution in [1.82, 2.24) is 0 Å². The van der Waals surface area contributed by atoms with Crippen LogP contribution in [0.5, 0.6) is 0 Å². The lowest BCUT2D eigenvalue weighted by molar-refractivity contribution is -0.144. The van der Waals surface area contributed by atoms with Crippen LogP contribution in [0, 0.1) is 11.8 Å². The molecular weight excluding hydrogens is 142 g/mol. The zero-order valence-corrected chi connectivity index (χ0v) is 7.00. The number of nitrogens with two attached hydrogens (primary N) is 1. The van der Waals surface area contributed by atoms with Gasteiger partial charge in [0.1, 0.15) is 5.54 Å². The van der Waals surface area contributed by atoms with Gasteiger partial charge >= 0.3 is 5.97 Å². The molecule has 1 aliphatic rings. The highest BCUT2D eigenvalue weighted by atomic mass is 16.4. The minimum atomic E-state index is -0.959. The van der Waals surface area contributed by atoms with Crippen molar-refractivity contribution in [3.63, 3.8) is 0 Å². The predicted molar refractivity (Wildman–Crippen MR) is 42.1 cm³/mol. The average molecular weight is 157 g/mol. The van der Waals surface area contributed by atoms with Crippen LogP contribution in [0.3, 0.4) is 0 Å². The first-order valence-corrected chi connectivity index (χ1v) is 4.00. The number of hydrogen-bond acceptors (Lipinski definition) is 2. The third-order valence-corrected chi connectivity index (χ3v) is 3.08. The van der Waals surface area contributed by atoms with Gasteiger partial charge in [0.15, 0.2) is 0 Å². The summed E-state index contributed by atoms with van der Waals surface area (Å²) < 4.78 is 0. The van der Waals surface area contributed by atoms with E-state index in [-0.39, 0.29) is 5.92 Å². The molecule has 1 fully saturated rings. The minimum absolute atomic E-state index is 0.0972. The van der Waals surface area contributed by atoms with Crippen molar-refractivity contribution in [3.8, 4) is 0 Å². The summed E-state index contributed by atoms with van der Waals surface area (Å²) in [5.41, 5.74) is 4.78. The largest absolute Gasteiger partial charge is 0.480 e. The summed E-state index contributed by atoms with van der Waals surface area (Å²) >= 11 is 0. The molecule has 0 radical (unpaired) electrons. The Labute approximate surface area is 66.6 Å². The van der Waals surface area contributed by atoms with Crippen LogP contribution in [0.4, 0.5) is 0 Å². The molecule has 3 atom stereocenters. The molecule has 3 N–H and O–H groups in total. The van der Waals surface area contributed by atoms with Crippen LogP contribution in [-0.4, -0.2) is 16.6 Å². The number of rotatable bonds is 1. The Bertz CT molecular complexity index is 181. The van der Waals surface area contributed by atoms with Crippen molar-refractivity contribution in [1.29, 1.82) is 0 Å². The highest BCUT2D eigenvalue weighted by Crippen LogP contribution is 2.38. The molecule has 3 heteroatoms. The van der Waals surface area contributed by atoms with Crippen LogP contribution in [0.15, 0.2) is 0 Å². The Kier molecular flexibility index (Phi) is 1.92. The van der Waals surface area contributed by atoms with Crippen molar-refractivity contribution in [2.45, 2.75) is 32.2 Å². The summed E-state index contributed by atoms with van der Waals surface area (Å²) in [5, 5.41) is 8.84. The molecule has 0 aromatic heterocycles. The topological polar surface area (TPSA) is 63.3 Å². The highest BCUT2D eigenvalue weighted by molar-refractivity contribution is 5.79. The van der Waals surface area contributed by atoms with Gasteiger partial charge in [0.25, 0.3) is 0 Å². The molecule has 1 rings (SSSR count). The van der Waals surface area contributed by atoms with Crippen LogP contribution >= 0.6 is 0 Å². The molecular formula is C8H15NO2. The maximum absolute atomic E-state index is 10.8. The van der Waals surface area contributed by atoms with Gasteiger partial charge in [0.2, 0.25) is 0 Å². The number of carboxylic acid groups (broad SMARTS) is 1. The molecule has 0 spiro atoms. The molecule has 3 nitrogen and oxygen atoms in total. The third-order valence-electron chi connectivity index (χ3n) is 3.08. The van der Waals surface area contributed by atoms with Gasteiger partial charge in [-0.2, -0.15) is 0 Å². The van der Waals surface area contributed by atoms with Crippen LogP contribution in [0.1, 0.15) is 26.7 Å². The van der Waals surface area contributed by atoms with E-state index in [4.69, 9.17) is 10.8 Å². The minimum Gasteiger partial charge on any atom is -0.480 e. The normalized spacial score (nSPS) is 44.3. The quantitative estimate of drug-likeness (QED) is 0.592. The fourth-order valence-electron chi connectivity index (χ4n) is 1.75. The third kappa shape index (κ3) is 1.13. The second kappa shape index (κ2) is 2.48. The van der Waals surface area contributed by atoms with E-state index in [1.807, 2.05) is 6.92 Å². The maximum atomic E-state index is 10.8. The van der Waals surface area contributed by atoms with Crippen molar-refractivity contribution in [2.24, 2.45) is 17.6 Å². The smallest absolute Gasteiger partial charge is 0.323 e. The Hall–Kier alpha value is -0.570. The first-order valence-electron chi connectivity index (χ1n) is 4.00. The summed E-state index contributed by atoms with van der Waals surface area (Å²) in [6.07, 6.45) is 1.55. The van der Waals surface area contributed by atoms with Crippen molar-refractivity contribution < 1.29 is 9.90 Å². The lowest BCUT2D eigenvalue weighted by atomic mass is 9.86. The van der Waals surface area contributed by atoms with Crippen LogP contribution in [0.2, 0.25) is 0 Å². The summed E-state index contributed by atoms with van der Waals surface area (Å²) in [7, 11) is 0. The van der Waals surface area contributed by atoms with E-state index in [0.717, 1.165) is 6.42 Å². The number of aliphatic carboxylic acids is 1. The molecule has 0 heterocycles. The van der Waals surface area contributed by atoms with Crippen molar-refractivity contribution in [2.75, 3.05) is 0 Å². The van der Waals surface area contributed by atoms with Crippen LogP contribution in [0.25, 0.3) is 0 Å². The zero-order chi connectivity index (χ0) is 8.65. The number of hydrogen-bond donors (Lipinski definition) is 2. The molecule has 11 heavy (non-hydrogen) atoms. The fraction of sp³-hybridized carbons (Fsp3) is 0.875. The van der Waals surface area contributed by atoms with Crippen LogP contribution < -0.4 is 5.73 Å². The van der Waals surface area contributed by atoms with Gasteiger partial charge < -0.3 is 10.8 Å². The molecule has 1 saturated carbocycles. The molecule has 0 aliphatic heterocycles. The molecule has 1 aliphatic carbocycles. The van der Waals surface area contributed by atoms with E-state index >= 15 is 0 Å². The van der Waals surface area contributed by atoms with E-state index in [9.17, 15) is 4.79 Å². The Balaban J connectivity index is 2.81. The molecule has 0 bridgehead atoms. The van der Waals surface area contributed by atoms with Gasteiger partial charge in [0.05, 0.1) is 0 Å². The van der Waals surface area contributed by atoms with E-state index in [1.165, 1.54) is 0 Å². The summed E-state index contributed by atoms with van der Waals surface area (Å²) in [4.78, 5) is 10.8. The van der Waals surface area contributed by atoms with E-state index in [0.29, 0.717) is 12.3 Å². The lowest BCUT2D eigenvalue weighted by Crippen LogP contribution is -2.50. The van der Waals surface area contributed by atoms with Gasteiger partial charge in [-0.1, -0.05) is 13.8 Å². The molecule has 64 valence electrons. The standard InChI is InChI=1S/C8H15NO2/c1-5-3-4-8(9,6(5)2)7(10)11/h5-6H,3-4,9H2,1-2H3,(H,10,11)/t5-,6?,8?/m1/s1. The van der Waals surface area contributed by atoms with Gasteiger partial charge in [-0.3, -0.25) is 4.79 Å². The molecule has 0 aromatic rings. The van der Waals surface area contributed by atoms with Crippen LogP contribution in [-0.2, 0) is 4.79 Å². The zero-order valence-electron chi connectivity index (χ0n) is 7.00. The number of carbonyl (C=O) groups is 1. The van der Waals surface area contributed by atoms with Crippen molar-refractivity contribution in [3.05, 3.63) is 0 Å². The predicted octanol–water partition coefficient (Wildman–Crippen LogP) is 0.834. The summed E-state index contributed by atoms with van der Waals surface area (Å²) in [6.45, 7) is 3.98. The lowest BCUT2D eigenvalue weighted by Gasteiger charge is -2.25. The molecule has 2 unspecified atom stereocenters. The van der Waals surface area contributed by atoms with Gasteiger partial charge in [0, 0.05) is 0 Å². The first-order chi connectivity index (χ1) is 4.98. The fourth-order valence-corrected chi connectivity index (χ4v) is 1.75. The summed E-state index contributed by atoms with van der Waals surface area (Å²) in [6, 6.07) is 0. The van der Waals surface area contributed by atoms with Gasteiger partial charge in [-0.15, -0.1) is 0 Å². The molecule has 0 aromatic carbocycles. The molecule has 0 amide bonds. The van der Waals surface area contributed by atoms with E-state index < -0.39 is 11.5 Å². The van der Waals surface area contributed by atoms with Gasteiger partial charge in [-0.25, -0.2) is 0 Å². The Morgan fingerprint density at radius 3 is 2.36 bits per heavy atom. The number of carboxylic acids is 1.